The van der Waals surface area contributed by atoms with Crippen molar-refractivity contribution in [1.29, 1.82) is 0 Å². The Morgan fingerprint density at radius 3 is 2.30 bits per heavy atom. The van der Waals surface area contributed by atoms with Gasteiger partial charge in [-0.2, -0.15) is 0 Å². The summed E-state index contributed by atoms with van der Waals surface area (Å²) in [7, 11) is -0.341. The molecule has 0 unspecified atom stereocenters. The van der Waals surface area contributed by atoms with Crippen LogP contribution in [0.3, 0.4) is 0 Å². The van der Waals surface area contributed by atoms with E-state index in [-0.39, 0.29) is 18.3 Å². The van der Waals surface area contributed by atoms with E-state index < -0.39 is 0 Å². The van der Waals surface area contributed by atoms with E-state index in [1.807, 2.05) is 25.3 Å². The molecule has 1 aliphatic rings. The number of pyridine rings is 1. The molecule has 0 aliphatic carbocycles. The molecule has 0 spiro atoms. The zero-order valence-electron chi connectivity index (χ0n) is 12.7. The molecule has 0 bridgehead atoms. The van der Waals surface area contributed by atoms with Crippen molar-refractivity contribution in [3.05, 3.63) is 36.2 Å². The number of rotatable bonds is 1. The Kier molecular flexibility index (Phi) is 2.92. The molecule has 2 aromatic rings. The van der Waals surface area contributed by atoms with Crippen LogP contribution < -0.4 is 5.46 Å². The van der Waals surface area contributed by atoms with Gasteiger partial charge in [0.1, 0.15) is 0 Å². The largest absolute Gasteiger partial charge is 0.495 e. The van der Waals surface area contributed by atoms with Gasteiger partial charge in [-0.15, -0.1) is 0 Å². The average molecular weight is 269 g/mol. The van der Waals surface area contributed by atoms with Crippen LogP contribution in [0.1, 0.15) is 33.4 Å². The van der Waals surface area contributed by atoms with Crippen molar-refractivity contribution in [3.63, 3.8) is 0 Å². The van der Waals surface area contributed by atoms with E-state index in [2.05, 4.69) is 44.8 Å². The normalized spacial score (nSPS) is 20.6. The molecule has 4 heteroatoms. The summed E-state index contributed by atoms with van der Waals surface area (Å²) < 4.78 is 12.3. The highest BCUT2D eigenvalue weighted by Gasteiger charge is 2.52. The van der Waals surface area contributed by atoms with E-state index in [4.69, 9.17) is 9.31 Å². The molecule has 3 nitrogen and oxygen atoms in total. The molecule has 3 rings (SSSR count). The minimum absolute atomic E-state index is 0.323. The highest BCUT2D eigenvalue weighted by Crippen LogP contribution is 2.37. The van der Waals surface area contributed by atoms with Gasteiger partial charge < -0.3 is 9.31 Å². The van der Waals surface area contributed by atoms with Crippen molar-refractivity contribution in [2.75, 3.05) is 0 Å². The summed E-state index contributed by atoms with van der Waals surface area (Å²) in [6.45, 7) is 10.3. The second kappa shape index (κ2) is 4.30. The van der Waals surface area contributed by atoms with Crippen molar-refractivity contribution >= 4 is 23.4 Å². The molecule has 0 radical (unpaired) electrons. The molecule has 0 atom stereocenters. The minimum Gasteiger partial charge on any atom is -0.399 e. The molecule has 0 amide bonds. The number of hydrogen-bond donors (Lipinski definition) is 0. The third-order valence-electron chi connectivity index (χ3n) is 4.52. The number of benzene rings is 1. The molecule has 20 heavy (non-hydrogen) atoms. The number of aryl methyl sites for hydroxylation is 1. The van der Waals surface area contributed by atoms with E-state index in [1.54, 1.807) is 0 Å². The third-order valence-corrected chi connectivity index (χ3v) is 4.52. The molecule has 1 fully saturated rings. The zero-order valence-corrected chi connectivity index (χ0v) is 12.7. The smallest absolute Gasteiger partial charge is 0.399 e. The van der Waals surface area contributed by atoms with Crippen molar-refractivity contribution in [2.24, 2.45) is 0 Å². The first kappa shape index (κ1) is 13.6. The molecule has 2 heterocycles. The Hall–Kier alpha value is -1.39. The maximum atomic E-state index is 6.16. The van der Waals surface area contributed by atoms with Crippen LogP contribution in [0.25, 0.3) is 10.8 Å². The summed E-state index contributed by atoms with van der Waals surface area (Å²) in [6, 6.07) is 8.23. The van der Waals surface area contributed by atoms with Crippen LogP contribution in [0.5, 0.6) is 0 Å². The summed E-state index contributed by atoms with van der Waals surface area (Å²) in [5, 5.41) is 2.30. The minimum atomic E-state index is -0.341. The van der Waals surface area contributed by atoms with Crippen LogP contribution in [0, 0.1) is 6.92 Å². The van der Waals surface area contributed by atoms with Crippen molar-refractivity contribution < 1.29 is 9.31 Å². The van der Waals surface area contributed by atoms with Crippen molar-refractivity contribution in [3.8, 4) is 0 Å². The van der Waals surface area contributed by atoms with Crippen LogP contribution in [-0.2, 0) is 9.31 Å². The lowest BCUT2D eigenvalue weighted by Gasteiger charge is -2.32. The zero-order chi connectivity index (χ0) is 14.5. The van der Waals surface area contributed by atoms with Gasteiger partial charge >= 0.3 is 7.12 Å². The molecular weight excluding hydrogens is 249 g/mol. The summed E-state index contributed by atoms with van der Waals surface area (Å²) >= 11 is 0. The van der Waals surface area contributed by atoms with Gasteiger partial charge in [-0.05, 0) is 51.5 Å². The summed E-state index contributed by atoms with van der Waals surface area (Å²) in [6.07, 6.45) is 1.84. The molecule has 1 aromatic carbocycles. The molecule has 1 saturated heterocycles. The molecule has 0 saturated carbocycles. The average Bonchev–Trinajstić information content (AvgIpc) is 2.58. The lowest BCUT2D eigenvalue weighted by atomic mass is 9.76. The quantitative estimate of drug-likeness (QED) is 0.746. The lowest BCUT2D eigenvalue weighted by molar-refractivity contribution is 0.00578. The second-order valence-corrected chi connectivity index (χ2v) is 6.43. The van der Waals surface area contributed by atoms with Gasteiger partial charge in [0.15, 0.2) is 0 Å². The fourth-order valence-electron chi connectivity index (χ4n) is 2.61. The lowest BCUT2D eigenvalue weighted by Crippen LogP contribution is -2.41. The Balaban J connectivity index is 2.13. The SMILES string of the molecule is Cc1nccc2cccc(B3OC(C)(C)C(C)(C)O3)c12. The van der Waals surface area contributed by atoms with E-state index in [0.29, 0.717) is 0 Å². The van der Waals surface area contributed by atoms with E-state index in [0.717, 1.165) is 16.5 Å². The monoisotopic (exact) mass is 269 g/mol. The highest BCUT2D eigenvalue weighted by molar-refractivity contribution is 6.65. The highest BCUT2D eigenvalue weighted by atomic mass is 16.7. The summed E-state index contributed by atoms with van der Waals surface area (Å²) in [5.41, 5.74) is 1.42. The number of hydrogen-bond acceptors (Lipinski definition) is 3. The van der Waals surface area contributed by atoms with Crippen LogP contribution in [-0.4, -0.2) is 23.3 Å². The topological polar surface area (TPSA) is 31.4 Å². The fourth-order valence-corrected chi connectivity index (χ4v) is 2.61. The number of fused-ring (bicyclic) bond motifs is 1. The maximum Gasteiger partial charge on any atom is 0.495 e. The standard InChI is InChI=1S/C16H20BNO2/c1-11-14-12(9-10-18-11)7-6-8-13(14)17-19-15(2,3)16(4,5)20-17/h6-10H,1-5H3. The molecule has 0 N–H and O–H groups in total. The van der Waals surface area contributed by atoms with E-state index in [1.165, 1.54) is 5.39 Å². The van der Waals surface area contributed by atoms with Gasteiger partial charge in [0.2, 0.25) is 0 Å². The van der Waals surface area contributed by atoms with Gasteiger partial charge in [-0.25, -0.2) is 0 Å². The second-order valence-electron chi connectivity index (χ2n) is 6.43. The first-order valence-corrected chi connectivity index (χ1v) is 7.02. The first-order valence-electron chi connectivity index (χ1n) is 7.02. The van der Waals surface area contributed by atoms with Gasteiger partial charge in [0.05, 0.1) is 11.2 Å². The van der Waals surface area contributed by atoms with Gasteiger partial charge in [-0.3, -0.25) is 4.98 Å². The Bertz CT molecular complexity index is 645. The van der Waals surface area contributed by atoms with Gasteiger partial charge in [-0.1, -0.05) is 18.2 Å². The van der Waals surface area contributed by atoms with Crippen LogP contribution in [0.15, 0.2) is 30.5 Å². The maximum absolute atomic E-state index is 6.16. The van der Waals surface area contributed by atoms with Gasteiger partial charge in [0.25, 0.3) is 0 Å². The van der Waals surface area contributed by atoms with E-state index >= 15 is 0 Å². The van der Waals surface area contributed by atoms with E-state index in [9.17, 15) is 0 Å². The molecule has 1 aliphatic heterocycles. The van der Waals surface area contributed by atoms with Crippen molar-refractivity contribution in [1.82, 2.24) is 4.98 Å². The predicted octanol–water partition coefficient (Wildman–Crippen LogP) is 2.84. The Morgan fingerprint density at radius 1 is 1.00 bits per heavy atom. The summed E-state index contributed by atoms with van der Waals surface area (Å²) in [4.78, 5) is 4.40. The first-order chi connectivity index (χ1) is 9.32. The molecular formula is C16H20BNO2. The van der Waals surface area contributed by atoms with Crippen LogP contribution in [0.2, 0.25) is 0 Å². The predicted molar refractivity (Wildman–Crippen MR) is 82.2 cm³/mol. The van der Waals surface area contributed by atoms with Crippen molar-refractivity contribution in [2.45, 2.75) is 45.8 Å². The number of aromatic nitrogens is 1. The Morgan fingerprint density at radius 2 is 1.65 bits per heavy atom. The number of nitrogens with zero attached hydrogens (tertiary/aromatic N) is 1. The third kappa shape index (κ3) is 1.95. The summed E-state index contributed by atoms with van der Waals surface area (Å²) in [5.74, 6) is 0. The van der Waals surface area contributed by atoms with Crippen LogP contribution >= 0.6 is 0 Å². The fraction of sp³-hybridized carbons (Fsp3) is 0.438. The van der Waals surface area contributed by atoms with Gasteiger partial charge in [0, 0.05) is 17.3 Å². The molecule has 104 valence electrons. The molecule has 1 aromatic heterocycles. The van der Waals surface area contributed by atoms with Crippen LogP contribution in [0.4, 0.5) is 0 Å². The Labute approximate surface area is 120 Å².